The molecule has 40 heteroatoms. The zero-order valence-corrected chi connectivity index (χ0v) is 65.3. The molecule has 9 aliphatic rings. The van der Waals surface area contributed by atoms with Gasteiger partial charge in [-0.1, -0.05) is 6.07 Å². The van der Waals surface area contributed by atoms with Crippen LogP contribution in [0.1, 0.15) is 112 Å². The van der Waals surface area contributed by atoms with E-state index in [0.29, 0.717) is 31.0 Å². The zero-order valence-electron chi connectivity index (χ0n) is 65.3. The van der Waals surface area contributed by atoms with Crippen molar-refractivity contribution < 1.29 is 111 Å². The first-order valence-electron chi connectivity index (χ1n) is 37.4. The number of carbonyl (C=O) groups excluding carboxylic acids is 4. The van der Waals surface area contributed by atoms with Gasteiger partial charge in [0.25, 0.3) is 23.6 Å². The zero-order chi connectivity index (χ0) is 85.9. The van der Waals surface area contributed by atoms with Gasteiger partial charge in [0.2, 0.25) is 23.3 Å². The fraction of sp³-hybridized carbons (Fsp3) is 0.383. The van der Waals surface area contributed by atoms with Gasteiger partial charge in [-0.3, -0.25) is 24.2 Å². The number of amides is 4. The van der Waals surface area contributed by atoms with Gasteiger partial charge in [-0.05, 0) is 98.6 Å². The fourth-order valence-corrected chi connectivity index (χ4v) is 14.4. The molecule has 8 aliphatic heterocycles. The molecule has 0 radical (unpaired) electrons. The number of carbonyl (C=O) groups is 4. The second-order valence-electron chi connectivity index (χ2n) is 29.4. The molecule has 0 bridgehead atoms. The molecule has 5 fully saturated rings. The average molecular weight is 1680 g/mol. The van der Waals surface area contributed by atoms with Gasteiger partial charge in [0, 0.05) is 78.9 Å². The van der Waals surface area contributed by atoms with Crippen molar-refractivity contribution in [3.8, 4) is 17.6 Å². The predicted octanol–water partition coefficient (Wildman–Crippen LogP) is 11.4. The molecule has 4 N–H and O–H groups in total. The second-order valence-corrected chi connectivity index (χ2v) is 29.4. The number of aromatic nitrogens is 7. The Balaban J connectivity index is 0.000000132. The van der Waals surface area contributed by atoms with Gasteiger partial charge in [0.15, 0.2) is 68.4 Å². The monoisotopic (exact) mass is 1680 g/mol. The van der Waals surface area contributed by atoms with E-state index in [1.807, 2.05) is 0 Å². The van der Waals surface area contributed by atoms with Crippen LogP contribution in [0.25, 0.3) is 4.85 Å². The number of methoxy groups -OCH3 is 1. The van der Waals surface area contributed by atoms with E-state index in [-0.39, 0.29) is 189 Å². The first kappa shape index (κ1) is 84.6. The standard InChI is InChI=1S/C22H21F3N4O4.C20H20F2N4O4.C20H16F2N4O3.C19H18F2N4O4/c1-13-29-22(12-31-10-21(22,25)11-32-13)15-6-14(2-3-16(15)23)28-19(30)17-7-27-18(8-26-17)33-9-20(24)4-5-20;1-3-29-17-8-23-16(7-24-17)18(27)25-13-4-5-15(21)14(6-13)20-11-28-9-19(20,22)10-30-12(2)26-20;1-12-26-20(11-28-9-19(20,22)10-29-12)15-7-13(3-5-16(15)21)25-18(27)17-6-4-14(23-2)8-24-17;1-11-25-19(10-28-8-18(19,21)9-29-11)13-5-12(3-4-14(13)20)24-17(26)15-6-23-16(27-2)7-22-15/h2-3,6-8H,4-5,9-12H2,1H3,(H,28,30);4-8H,3,9-11H2,1-2H3,(H,25,27);3-8H,9-11H2,1H3,(H,25,27);3-7H,8-10H2,1-2H3,(H,24,26)/t21-,22-;2*19-,20-;18-,19-/m1111/s1. The molecule has 0 spiro atoms. The van der Waals surface area contributed by atoms with Gasteiger partial charge >= 0.3 is 0 Å². The maximum absolute atomic E-state index is 15.6. The molecule has 0 unspecified atom stereocenters. The van der Waals surface area contributed by atoms with E-state index in [4.69, 9.17) is 58.7 Å². The lowest BCUT2D eigenvalue weighted by molar-refractivity contribution is 0.00964. The van der Waals surface area contributed by atoms with Crippen molar-refractivity contribution >= 4 is 75.7 Å². The number of halogens is 9. The molecule has 632 valence electrons. The van der Waals surface area contributed by atoms with E-state index >= 15 is 17.6 Å². The van der Waals surface area contributed by atoms with Crippen molar-refractivity contribution in [1.82, 2.24) is 34.9 Å². The molecule has 4 aromatic carbocycles. The van der Waals surface area contributed by atoms with E-state index in [2.05, 4.69) is 81.0 Å². The molecular weight excluding hydrogens is 1610 g/mol. The average Bonchev–Trinajstić information content (AvgIpc) is 1.63. The lowest BCUT2D eigenvalue weighted by atomic mass is 9.78. The van der Waals surface area contributed by atoms with Gasteiger partial charge < -0.3 is 73.4 Å². The van der Waals surface area contributed by atoms with Crippen molar-refractivity contribution in [2.75, 3.05) is 121 Å². The highest BCUT2D eigenvalue weighted by atomic mass is 19.2. The number of nitrogens with one attached hydrogen (secondary N) is 4. The largest absolute Gasteiger partial charge is 0.480 e. The number of ether oxygens (including phenoxy) is 11. The highest BCUT2D eigenvalue weighted by Crippen LogP contribution is 2.53. The molecular formula is C81H75F9N16O15. The Hall–Kier alpha value is -12.9. The number of hydrogen-bond acceptors (Lipinski definition) is 26. The Morgan fingerprint density at radius 2 is 0.702 bits per heavy atom. The van der Waals surface area contributed by atoms with Crippen LogP contribution >= 0.6 is 0 Å². The Bertz CT molecular complexity index is 5490. The third-order valence-electron chi connectivity index (χ3n) is 21.1. The van der Waals surface area contributed by atoms with Gasteiger partial charge in [0.1, 0.15) is 84.7 Å². The minimum atomic E-state index is -2.05. The van der Waals surface area contributed by atoms with Crippen molar-refractivity contribution in [1.29, 1.82) is 0 Å². The number of hydrogen-bond donors (Lipinski definition) is 4. The molecule has 4 saturated heterocycles. The summed E-state index contributed by atoms with van der Waals surface area (Å²) in [7, 11) is 1.43. The molecule has 8 aromatic rings. The van der Waals surface area contributed by atoms with Gasteiger partial charge in [-0.2, -0.15) is 0 Å². The van der Waals surface area contributed by atoms with Crippen LogP contribution < -0.4 is 35.5 Å². The highest BCUT2D eigenvalue weighted by molar-refractivity contribution is 6.05. The highest BCUT2D eigenvalue weighted by Gasteiger charge is 2.66. The van der Waals surface area contributed by atoms with Crippen LogP contribution in [0.3, 0.4) is 0 Å². The Kier molecular flexibility index (Phi) is 23.6. The Labute approximate surface area is 683 Å². The van der Waals surface area contributed by atoms with Crippen molar-refractivity contribution in [2.45, 2.75) is 98.0 Å². The van der Waals surface area contributed by atoms with Crippen molar-refractivity contribution in [2.24, 2.45) is 20.0 Å². The molecule has 17 rings (SSSR count). The minimum Gasteiger partial charge on any atom is -0.480 e. The lowest BCUT2D eigenvalue weighted by Gasteiger charge is -2.39. The molecule has 121 heavy (non-hydrogen) atoms. The molecule has 1 aliphatic carbocycles. The first-order valence-corrected chi connectivity index (χ1v) is 37.4. The molecule has 4 amide bonds. The van der Waals surface area contributed by atoms with Crippen LogP contribution in [0.4, 0.5) is 68.0 Å². The molecule has 1 saturated carbocycles. The molecule has 12 heterocycles. The van der Waals surface area contributed by atoms with E-state index in [1.165, 1.54) is 111 Å². The maximum atomic E-state index is 15.6. The Morgan fingerprint density at radius 3 is 0.975 bits per heavy atom. The maximum Gasteiger partial charge on any atom is 0.275 e. The van der Waals surface area contributed by atoms with E-state index < -0.39 is 97.4 Å². The van der Waals surface area contributed by atoms with Gasteiger partial charge in [-0.15, -0.1) is 0 Å². The number of fused-ring (bicyclic) bond motifs is 4. The Morgan fingerprint density at radius 1 is 0.397 bits per heavy atom. The third-order valence-corrected chi connectivity index (χ3v) is 21.1. The summed E-state index contributed by atoms with van der Waals surface area (Å²) in [6.07, 6.45) is 9.76. The summed E-state index contributed by atoms with van der Waals surface area (Å²) in [5, 5.41) is 10.4. The summed E-state index contributed by atoms with van der Waals surface area (Å²) in [6.45, 7) is 12.5. The summed E-state index contributed by atoms with van der Waals surface area (Å²) in [4.78, 5) is 98.1. The van der Waals surface area contributed by atoms with Crippen molar-refractivity contribution in [3.63, 3.8) is 0 Å². The third kappa shape index (κ3) is 16.8. The first-order chi connectivity index (χ1) is 57.8. The smallest absolute Gasteiger partial charge is 0.275 e. The van der Waals surface area contributed by atoms with Crippen molar-refractivity contribution in [3.05, 3.63) is 208 Å². The SMILES string of the molecule is CC1=N[C@@]2(c3cc(NC(=O)c4cnc(OCC5(F)CC5)cn4)ccc3F)COC[C@@]2(F)CO1.CCOc1cnc(C(=O)Nc2ccc(F)c([C@]34COC[C@@]3(F)COC(C)=N4)c2)cn1.COc1cnc(C(=O)Nc2ccc(F)c([C@]34COC[C@@]3(F)COC(C)=N4)c2)cn1.[C-]#[N+]c1ccc(C(=O)Nc2ccc(F)c([C@]34COC[C@@]3(F)COC(C)=N4)c2)nc1. The minimum absolute atomic E-state index is 0.0132. The summed E-state index contributed by atoms with van der Waals surface area (Å²) in [5.41, 5.74) is -14.4. The van der Waals surface area contributed by atoms with Gasteiger partial charge in [0.05, 0.1) is 110 Å². The van der Waals surface area contributed by atoms with Crippen LogP contribution in [-0.2, 0) is 60.1 Å². The second kappa shape index (κ2) is 33.7. The number of rotatable bonds is 18. The summed E-state index contributed by atoms with van der Waals surface area (Å²) >= 11 is 0. The number of aliphatic imine (C=N–C) groups is 4. The van der Waals surface area contributed by atoms with Crippen LogP contribution in [-0.4, -0.2) is 210 Å². The summed E-state index contributed by atoms with van der Waals surface area (Å²) < 4.78 is 193. The summed E-state index contributed by atoms with van der Waals surface area (Å²) in [5.74, 6) is -3.31. The topological polar surface area (TPSA) is 362 Å². The fourth-order valence-electron chi connectivity index (χ4n) is 14.4. The number of benzene rings is 4. The molecule has 4 aromatic heterocycles. The van der Waals surface area contributed by atoms with Crippen LogP contribution in [0.5, 0.6) is 17.6 Å². The lowest BCUT2D eigenvalue weighted by Crippen LogP contribution is -2.53. The number of anilines is 4. The van der Waals surface area contributed by atoms with Gasteiger partial charge in [-0.25, -0.2) is 94.2 Å². The quantitative estimate of drug-likeness (QED) is 0.0458. The number of pyridine rings is 1. The van der Waals surface area contributed by atoms with Crippen LogP contribution in [0.2, 0.25) is 0 Å². The molecule has 8 atom stereocenters. The van der Waals surface area contributed by atoms with E-state index in [9.17, 15) is 41.1 Å². The normalized spacial score (nSPS) is 25.9. The van der Waals surface area contributed by atoms with Crippen LogP contribution in [0, 0.1) is 29.8 Å². The van der Waals surface area contributed by atoms with E-state index in [1.54, 1.807) is 34.6 Å². The van der Waals surface area contributed by atoms with Crippen LogP contribution in [0.15, 0.2) is 148 Å². The molecule has 31 nitrogen and oxygen atoms in total. The van der Waals surface area contributed by atoms with E-state index in [0.717, 1.165) is 24.3 Å². The number of alkyl halides is 5. The number of nitrogens with zero attached hydrogens (tertiary/aromatic N) is 12. The predicted molar refractivity (Wildman–Crippen MR) is 412 cm³/mol. The summed E-state index contributed by atoms with van der Waals surface area (Å²) in [6, 6.07) is 18.3.